The fourth-order valence-electron chi connectivity index (χ4n) is 2.06. The van der Waals surface area contributed by atoms with Crippen LogP contribution in [0.2, 0.25) is 0 Å². The lowest BCUT2D eigenvalue weighted by atomic mass is 9.89. The van der Waals surface area contributed by atoms with Gasteiger partial charge in [-0.05, 0) is 24.7 Å². The van der Waals surface area contributed by atoms with E-state index in [2.05, 4.69) is 38.1 Å². The number of hydrogen-bond acceptors (Lipinski definition) is 2. The van der Waals surface area contributed by atoms with Crippen LogP contribution in [-0.4, -0.2) is 21.7 Å². The minimum Gasteiger partial charge on any atom is -0.388 e. The van der Waals surface area contributed by atoms with Crippen LogP contribution in [0.4, 0.5) is 0 Å². The third-order valence-corrected chi connectivity index (χ3v) is 4.67. The quantitative estimate of drug-likeness (QED) is 0.830. The number of thioether (sulfide) groups is 1. The fraction of sp³-hybridized carbons (Fsp3) is 0.538. The van der Waals surface area contributed by atoms with E-state index in [0.717, 1.165) is 18.6 Å². The molecule has 1 aromatic carbocycles. The molecule has 1 N–H and O–H groups in total. The SMILES string of the molecule is Cc1ccc(CC2(O)CCSC2C)cc1. The zero-order valence-corrected chi connectivity index (χ0v) is 10.2. The van der Waals surface area contributed by atoms with Crippen LogP contribution < -0.4 is 0 Å². The predicted molar refractivity (Wildman–Crippen MR) is 66.4 cm³/mol. The van der Waals surface area contributed by atoms with Crippen LogP contribution in [0.3, 0.4) is 0 Å². The van der Waals surface area contributed by atoms with E-state index in [0.29, 0.717) is 5.25 Å². The van der Waals surface area contributed by atoms with Gasteiger partial charge in [0, 0.05) is 11.7 Å². The van der Waals surface area contributed by atoms with Crippen molar-refractivity contribution in [2.24, 2.45) is 0 Å². The maximum atomic E-state index is 10.5. The second-order valence-electron chi connectivity index (χ2n) is 4.53. The van der Waals surface area contributed by atoms with Gasteiger partial charge in [0.1, 0.15) is 0 Å². The highest BCUT2D eigenvalue weighted by molar-refractivity contribution is 8.00. The molecule has 2 atom stereocenters. The molecule has 2 rings (SSSR count). The van der Waals surface area contributed by atoms with E-state index in [1.807, 2.05) is 11.8 Å². The summed E-state index contributed by atoms with van der Waals surface area (Å²) in [6.07, 6.45) is 1.72. The smallest absolute Gasteiger partial charge is 0.0811 e. The Bertz CT molecular complexity index is 333. The van der Waals surface area contributed by atoms with Gasteiger partial charge in [-0.2, -0.15) is 11.8 Å². The molecule has 15 heavy (non-hydrogen) atoms. The lowest BCUT2D eigenvalue weighted by molar-refractivity contribution is 0.0464. The highest BCUT2D eigenvalue weighted by Crippen LogP contribution is 2.37. The molecule has 0 spiro atoms. The van der Waals surface area contributed by atoms with Crippen LogP contribution in [0.1, 0.15) is 24.5 Å². The van der Waals surface area contributed by atoms with Gasteiger partial charge in [-0.25, -0.2) is 0 Å². The first-order valence-electron chi connectivity index (χ1n) is 5.50. The Labute approximate surface area is 95.9 Å². The molecule has 1 nitrogen and oxygen atoms in total. The Morgan fingerprint density at radius 2 is 2.07 bits per heavy atom. The van der Waals surface area contributed by atoms with Crippen molar-refractivity contribution in [3.8, 4) is 0 Å². The van der Waals surface area contributed by atoms with E-state index in [1.54, 1.807) is 0 Å². The predicted octanol–water partition coefficient (Wildman–Crippen LogP) is 2.79. The van der Waals surface area contributed by atoms with Gasteiger partial charge in [0.25, 0.3) is 0 Å². The van der Waals surface area contributed by atoms with Crippen molar-refractivity contribution in [2.75, 3.05) is 5.75 Å². The molecule has 1 heterocycles. The molecule has 0 amide bonds. The maximum absolute atomic E-state index is 10.5. The Hall–Kier alpha value is -0.470. The Morgan fingerprint density at radius 3 is 2.60 bits per heavy atom. The van der Waals surface area contributed by atoms with Crippen molar-refractivity contribution >= 4 is 11.8 Å². The first-order chi connectivity index (χ1) is 7.10. The average Bonchev–Trinajstić information content (AvgIpc) is 2.51. The van der Waals surface area contributed by atoms with Gasteiger partial charge in [-0.1, -0.05) is 36.8 Å². The molecule has 0 aliphatic carbocycles. The number of aliphatic hydroxyl groups is 1. The Morgan fingerprint density at radius 1 is 1.40 bits per heavy atom. The van der Waals surface area contributed by atoms with Crippen LogP contribution in [0.25, 0.3) is 0 Å². The third kappa shape index (κ3) is 2.37. The zero-order chi connectivity index (χ0) is 10.9. The van der Waals surface area contributed by atoms with Crippen LogP contribution in [0, 0.1) is 6.92 Å². The van der Waals surface area contributed by atoms with Gasteiger partial charge >= 0.3 is 0 Å². The second-order valence-corrected chi connectivity index (χ2v) is 5.98. The molecule has 0 aromatic heterocycles. The van der Waals surface area contributed by atoms with E-state index in [-0.39, 0.29) is 0 Å². The number of hydrogen-bond donors (Lipinski definition) is 1. The molecular weight excluding hydrogens is 204 g/mol. The van der Waals surface area contributed by atoms with Crippen molar-refractivity contribution in [1.29, 1.82) is 0 Å². The molecule has 0 bridgehead atoms. The summed E-state index contributed by atoms with van der Waals surface area (Å²) in [6, 6.07) is 8.49. The fourth-order valence-corrected chi connectivity index (χ4v) is 3.40. The van der Waals surface area contributed by atoms with E-state index < -0.39 is 5.60 Å². The summed E-state index contributed by atoms with van der Waals surface area (Å²) in [5.41, 5.74) is 2.04. The molecular formula is C13H18OS. The molecule has 0 saturated carbocycles. The van der Waals surface area contributed by atoms with Crippen molar-refractivity contribution in [3.05, 3.63) is 35.4 Å². The van der Waals surface area contributed by atoms with E-state index in [4.69, 9.17) is 0 Å². The standard InChI is InChI=1S/C13H18OS/c1-10-3-5-12(6-4-10)9-13(14)7-8-15-11(13)2/h3-6,11,14H,7-9H2,1-2H3. The van der Waals surface area contributed by atoms with Crippen LogP contribution in [-0.2, 0) is 6.42 Å². The highest BCUT2D eigenvalue weighted by Gasteiger charge is 2.38. The number of benzene rings is 1. The lowest BCUT2D eigenvalue weighted by Gasteiger charge is -2.26. The minimum absolute atomic E-state index is 0.360. The van der Waals surface area contributed by atoms with E-state index in [1.165, 1.54) is 11.1 Å². The largest absolute Gasteiger partial charge is 0.388 e. The first kappa shape index (κ1) is 11.0. The Kier molecular flexibility index (Phi) is 3.08. The van der Waals surface area contributed by atoms with Crippen molar-refractivity contribution in [2.45, 2.75) is 37.5 Å². The summed E-state index contributed by atoms with van der Waals surface area (Å²) in [4.78, 5) is 0. The molecule has 1 fully saturated rings. The van der Waals surface area contributed by atoms with Gasteiger partial charge in [0.05, 0.1) is 5.60 Å². The summed E-state index contributed by atoms with van der Waals surface area (Å²) in [5.74, 6) is 1.09. The molecule has 0 radical (unpaired) electrons. The maximum Gasteiger partial charge on any atom is 0.0811 e. The molecule has 1 aliphatic rings. The van der Waals surface area contributed by atoms with E-state index >= 15 is 0 Å². The van der Waals surface area contributed by atoms with Crippen molar-refractivity contribution in [3.63, 3.8) is 0 Å². The van der Waals surface area contributed by atoms with Gasteiger partial charge in [0.2, 0.25) is 0 Å². The highest BCUT2D eigenvalue weighted by atomic mass is 32.2. The van der Waals surface area contributed by atoms with Gasteiger partial charge in [-0.15, -0.1) is 0 Å². The van der Waals surface area contributed by atoms with Crippen LogP contribution in [0.5, 0.6) is 0 Å². The Balaban J connectivity index is 2.11. The summed E-state index contributed by atoms with van der Waals surface area (Å²) in [6.45, 7) is 4.22. The lowest BCUT2D eigenvalue weighted by Crippen LogP contribution is -2.36. The average molecular weight is 222 g/mol. The van der Waals surface area contributed by atoms with Crippen molar-refractivity contribution in [1.82, 2.24) is 0 Å². The van der Waals surface area contributed by atoms with Gasteiger partial charge in [0.15, 0.2) is 0 Å². The first-order valence-corrected chi connectivity index (χ1v) is 6.54. The zero-order valence-electron chi connectivity index (χ0n) is 9.36. The van der Waals surface area contributed by atoms with Gasteiger partial charge < -0.3 is 5.11 Å². The third-order valence-electron chi connectivity index (χ3n) is 3.29. The number of aryl methyl sites for hydroxylation is 1. The summed E-state index contributed by atoms with van der Waals surface area (Å²) in [5, 5.41) is 10.8. The normalized spacial score (nSPS) is 30.7. The summed E-state index contributed by atoms with van der Waals surface area (Å²) >= 11 is 1.88. The second kappa shape index (κ2) is 4.18. The minimum atomic E-state index is -0.486. The number of rotatable bonds is 2. The molecule has 1 saturated heterocycles. The van der Waals surface area contributed by atoms with Crippen LogP contribution >= 0.6 is 11.8 Å². The van der Waals surface area contributed by atoms with Crippen molar-refractivity contribution < 1.29 is 5.11 Å². The van der Waals surface area contributed by atoms with Crippen LogP contribution in [0.15, 0.2) is 24.3 Å². The van der Waals surface area contributed by atoms with Gasteiger partial charge in [-0.3, -0.25) is 0 Å². The molecule has 2 unspecified atom stereocenters. The topological polar surface area (TPSA) is 20.2 Å². The molecule has 1 aliphatic heterocycles. The van der Waals surface area contributed by atoms with E-state index in [9.17, 15) is 5.11 Å². The molecule has 1 aromatic rings. The summed E-state index contributed by atoms with van der Waals surface area (Å²) in [7, 11) is 0. The monoisotopic (exact) mass is 222 g/mol. The molecule has 2 heteroatoms. The summed E-state index contributed by atoms with van der Waals surface area (Å²) < 4.78 is 0. The molecule has 82 valence electrons.